The predicted octanol–water partition coefficient (Wildman–Crippen LogP) is 3.52. The standard InChI is InChI=1S/C24H22N2O5S.H2/c1-15-20(17-3-2-4-19(11-17)32(25,28)29)9-16(13-26-15)10-23(27)24(7-8-24)18-5-6-21-22(12-18)31-14-30-21;/h2-6,9,11-13H,7-8,10,14H2,1H3,(H2,25,28,29);1H. The van der Waals surface area contributed by atoms with Crippen molar-refractivity contribution in [2.75, 3.05) is 6.79 Å². The monoisotopic (exact) mass is 452 g/mol. The molecular weight excluding hydrogens is 428 g/mol. The van der Waals surface area contributed by atoms with Crippen molar-refractivity contribution in [1.29, 1.82) is 0 Å². The molecule has 166 valence electrons. The van der Waals surface area contributed by atoms with Crippen LogP contribution in [0, 0.1) is 6.92 Å². The molecule has 2 aromatic carbocycles. The predicted molar refractivity (Wildman–Crippen MR) is 120 cm³/mol. The molecule has 0 spiro atoms. The van der Waals surface area contributed by atoms with Crippen LogP contribution >= 0.6 is 0 Å². The number of aryl methyl sites for hydroxylation is 1. The van der Waals surface area contributed by atoms with Crippen LogP contribution in [0.25, 0.3) is 11.1 Å². The maximum Gasteiger partial charge on any atom is 0.238 e. The van der Waals surface area contributed by atoms with E-state index >= 15 is 0 Å². The molecule has 32 heavy (non-hydrogen) atoms. The number of carbonyl (C=O) groups excluding carboxylic acids is 1. The van der Waals surface area contributed by atoms with Crippen LogP contribution in [0.2, 0.25) is 0 Å². The summed E-state index contributed by atoms with van der Waals surface area (Å²) >= 11 is 0. The van der Waals surface area contributed by atoms with Crippen molar-refractivity contribution in [2.45, 2.75) is 36.5 Å². The van der Waals surface area contributed by atoms with Crippen LogP contribution in [0.15, 0.2) is 59.6 Å². The van der Waals surface area contributed by atoms with Gasteiger partial charge in [-0.25, -0.2) is 13.6 Å². The Morgan fingerprint density at radius 3 is 2.66 bits per heavy atom. The van der Waals surface area contributed by atoms with E-state index in [-0.39, 0.29) is 25.3 Å². The van der Waals surface area contributed by atoms with E-state index in [2.05, 4.69) is 4.98 Å². The van der Waals surface area contributed by atoms with Gasteiger partial charge in [-0.2, -0.15) is 0 Å². The zero-order valence-electron chi connectivity index (χ0n) is 17.5. The van der Waals surface area contributed by atoms with Crippen molar-refractivity contribution < 1.29 is 24.1 Å². The molecular formula is C24H24N2O5S. The Kier molecular flexibility index (Phi) is 4.79. The molecule has 1 aliphatic carbocycles. The fourth-order valence-electron chi connectivity index (χ4n) is 4.21. The summed E-state index contributed by atoms with van der Waals surface area (Å²) in [4.78, 5) is 17.8. The molecule has 0 amide bonds. The lowest BCUT2D eigenvalue weighted by atomic mass is 9.87. The molecule has 1 aliphatic heterocycles. The molecule has 1 saturated carbocycles. The number of sulfonamides is 1. The first-order valence-electron chi connectivity index (χ1n) is 10.3. The second kappa shape index (κ2) is 7.43. The number of hydrogen-bond donors (Lipinski definition) is 1. The molecule has 5 rings (SSSR count). The minimum atomic E-state index is -3.82. The van der Waals surface area contributed by atoms with Gasteiger partial charge in [0, 0.05) is 25.3 Å². The first kappa shape index (κ1) is 20.7. The van der Waals surface area contributed by atoms with E-state index in [4.69, 9.17) is 14.6 Å². The number of ether oxygens (including phenoxy) is 2. The van der Waals surface area contributed by atoms with Crippen molar-refractivity contribution in [3.05, 3.63) is 71.5 Å². The van der Waals surface area contributed by atoms with Gasteiger partial charge in [-0.15, -0.1) is 0 Å². The summed E-state index contributed by atoms with van der Waals surface area (Å²) in [6.07, 6.45) is 3.54. The third kappa shape index (κ3) is 3.65. The molecule has 0 bridgehead atoms. The Labute approximate surface area is 187 Å². The summed E-state index contributed by atoms with van der Waals surface area (Å²) in [5.74, 6) is 1.51. The average Bonchev–Trinajstić information content (AvgIpc) is 3.45. The van der Waals surface area contributed by atoms with Crippen LogP contribution in [0.1, 0.15) is 31.1 Å². The van der Waals surface area contributed by atoms with Crippen LogP contribution in [-0.4, -0.2) is 26.0 Å². The first-order chi connectivity index (χ1) is 15.3. The topological polar surface area (TPSA) is 109 Å². The number of benzene rings is 2. The molecule has 1 aromatic heterocycles. The van der Waals surface area contributed by atoms with Gasteiger partial charge >= 0.3 is 0 Å². The van der Waals surface area contributed by atoms with Crippen LogP contribution in [0.3, 0.4) is 0 Å². The highest BCUT2D eigenvalue weighted by molar-refractivity contribution is 7.89. The molecule has 2 heterocycles. The third-order valence-corrected chi connectivity index (χ3v) is 7.10. The Bertz CT molecular complexity index is 1350. The van der Waals surface area contributed by atoms with Gasteiger partial charge in [0.05, 0.1) is 10.3 Å². The van der Waals surface area contributed by atoms with E-state index in [1.54, 1.807) is 18.3 Å². The van der Waals surface area contributed by atoms with E-state index < -0.39 is 15.4 Å². The average molecular weight is 453 g/mol. The molecule has 2 N–H and O–H groups in total. The van der Waals surface area contributed by atoms with Crippen LogP contribution in [-0.2, 0) is 26.7 Å². The zero-order valence-corrected chi connectivity index (χ0v) is 18.3. The molecule has 3 aromatic rings. The normalized spacial score (nSPS) is 16.1. The van der Waals surface area contributed by atoms with Crippen molar-refractivity contribution >= 4 is 15.8 Å². The number of ketones is 1. The van der Waals surface area contributed by atoms with E-state index in [0.29, 0.717) is 17.1 Å². The summed E-state index contributed by atoms with van der Waals surface area (Å²) in [6, 6.07) is 14.0. The van der Waals surface area contributed by atoms with Gasteiger partial charge < -0.3 is 9.47 Å². The smallest absolute Gasteiger partial charge is 0.238 e. The highest BCUT2D eigenvalue weighted by atomic mass is 32.2. The molecule has 0 atom stereocenters. The number of nitrogens with zero attached hydrogens (tertiary/aromatic N) is 1. The van der Waals surface area contributed by atoms with Crippen LogP contribution < -0.4 is 14.6 Å². The lowest BCUT2D eigenvalue weighted by molar-refractivity contribution is -0.120. The van der Waals surface area contributed by atoms with Gasteiger partial charge in [-0.05, 0) is 66.8 Å². The molecule has 2 aliphatic rings. The Morgan fingerprint density at radius 1 is 1.12 bits per heavy atom. The number of carbonyl (C=O) groups is 1. The minimum Gasteiger partial charge on any atom is -0.454 e. The summed E-state index contributed by atoms with van der Waals surface area (Å²) in [5.41, 5.74) is 3.43. The number of fused-ring (bicyclic) bond motifs is 1. The van der Waals surface area contributed by atoms with Gasteiger partial charge in [0.25, 0.3) is 0 Å². The Hall–Kier alpha value is -3.23. The fourth-order valence-corrected chi connectivity index (χ4v) is 4.77. The second-order valence-electron chi connectivity index (χ2n) is 8.30. The van der Waals surface area contributed by atoms with E-state index in [9.17, 15) is 13.2 Å². The highest BCUT2D eigenvalue weighted by Crippen LogP contribution is 2.51. The van der Waals surface area contributed by atoms with Crippen LogP contribution in [0.5, 0.6) is 11.5 Å². The molecule has 0 unspecified atom stereocenters. The molecule has 1 fully saturated rings. The largest absolute Gasteiger partial charge is 0.454 e. The van der Waals surface area contributed by atoms with E-state index in [1.165, 1.54) is 12.1 Å². The zero-order chi connectivity index (χ0) is 22.5. The summed E-state index contributed by atoms with van der Waals surface area (Å²) in [6.45, 7) is 2.05. The van der Waals surface area contributed by atoms with E-state index in [0.717, 1.165) is 35.2 Å². The first-order valence-corrected chi connectivity index (χ1v) is 11.8. The molecule has 0 saturated heterocycles. The van der Waals surface area contributed by atoms with Gasteiger partial charge in [0.1, 0.15) is 5.78 Å². The number of hydrogen-bond acceptors (Lipinski definition) is 6. The number of pyridine rings is 1. The number of aromatic nitrogens is 1. The molecule has 0 radical (unpaired) electrons. The van der Waals surface area contributed by atoms with Crippen molar-refractivity contribution in [2.24, 2.45) is 5.14 Å². The van der Waals surface area contributed by atoms with Crippen molar-refractivity contribution in [3.63, 3.8) is 0 Å². The Balaban J connectivity index is 0.00000259. The quantitative estimate of drug-likeness (QED) is 0.613. The number of rotatable bonds is 6. The maximum absolute atomic E-state index is 13.3. The number of nitrogens with two attached hydrogens (primary N) is 1. The maximum atomic E-state index is 13.3. The second-order valence-corrected chi connectivity index (χ2v) is 9.86. The van der Waals surface area contributed by atoms with Crippen molar-refractivity contribution in [3.8, 4) is 22.6 Å². The lowest BCUT2D eigenvalue weighted by Crippen LogP contribution is -2.22. The summed E-state index contributed by atoms with van der Waals surface area (Å²) < 4.78 is 34.3. The van der Waals surface area contributed by atoms with Gasteiger partial charge in [0.2, 0.25) is 16.8 Å². The minimum absolute atomic E-state index is 0. The highest BCUT2D eigenvalue weighted by Gasteiger charge is 2.50. The van der Waals surface area contributed by atoms with Gasteiger partial charge in [-0.3, -0.25) is 9.78 Å². The van der Waals surface area contributed by atoms with Gasteiger partial charge in [0.15, 0.2) is 11.5 Å². The lowest BCUT2D eigenvalue weighted by Gasteiger charge is -2.16. The SMILES string of the molecule is Cc1ncc(CC(=O)C2(c3ccc4c(c3)OCO4)CC2)cc1-c1cccc(S(N)(=O)=O)c1.[HH]. The van der Waals surface area contributed by atoms with E-state index in [1.807, 2.05) is 31.2 Å². The summed E-state index contributed by atoms with van der Waals surface area (Å²) in [5, 5.41) is 5.28. The third-order valence-electron chi connectivity index (χ3n) is 6.19. The summed E-state index contributed by atoms with van der Waals surface area (Å²) in [7, 11) is -3.82. The van der Waals surface area contributed by atoms with Crippen molar-refractivity contribution in [1.82, 2.24) is 4.98 Å². The Morgan fingerprint density at radius 2 is 1.91 bits per heavy atom. The van der Waals surface area contributed by atoms with Gasteiger partial charge in [-0.1, -0.05) is 18.2 Å². The van der Waals surface area contributed by atoms with Crippen LogP contribution in [0.4, 0.5) is 0 Å². The molecule has 7 nitrogen and oxygen atoms in total. The number of Topliss-reactive ketones (excluding diaryl/α,β-unsaturated/α-hetero) is 1. The number of primary sulfonamides is 1. The molecule has 8 heteroatoms. The fraction of sp³-hybridized carbons (Fsp3) is 0.250.